The number of tetrazole rings is 1. The Morgan fingerprint density at radius 1 is 1.16 bits per heavy atom. The van der Waals surface area contributed by atoms with Crippen LogP contribution in [-0.4, -0.2) is 45.2 Å². The molecule has 1 heterocycles. The second kappa shape index (κ2) is 10.9. The predicted octanol–water partition coefficient (Wildman–Crippen LogP) is 3.83. The Labute approximate surface area is 189 Å². The molecule has 0 saturated carbocycles. The maximum absolute atomic E-state index is 12.2. The highest BCUT2D eigenvalue weighted by Gasteiger charge is 2.17. The lowest BCUT2D eigenvalue weighted by Crippen LogP contribution is -2.32. The molecule has 31 heavy (non-hydrogen) atoms. The Morgan fingerprint density at radius 3 is 2.58 bits per heavy atom. The molecule has 0 bridgehead atoms. The quantitative estimate of drug-likeness (QED) is 0.486. The van der Waals surface area contributed by atoms with Crippen molar-refractivity contribution in [3.05, 3.63) is 70.0 Å². The summed E-state index contributed by atoms with van der Waals surface area (Å²) in [5, 5.41) is 14.8. The topological polar surface area (TPSA) is 99.0 Å². The average molecular weight is 462 g/mol. The highest BCUT2D eigenvalue weighted by atomic mass is 35.5. The van der Waals surface area contributed by atoms with E-state index >= 15 is 0 Å². The van der Waals surface area contributed by atoms with E-state index in [4.69, 9.17) is 27.9 Å². The molecule has 3 aromatic rings. The fraction of sp³-hybridized carbons (Fsp3) is 0.286. The molecular weight excluding hydrogens is 441 g/mol. The molecule has 0 aliphatic rings. The van der Waals surface area contributed by atoms with Crippen molar-refractivity contribution in [3.63, 3.8) is 0 Å². The van der Waals surface area contributed by atoms with Crippen molar-refractivity contribution < 1.29 is 14.3 Å². The molecule has 162 valence electrons. The Kier molecular flexibility index (Phi) is 7.97. The first kappa shape index (κ1) is 22.7. The summed E-state index contributed by atoms with van der Waals surface area (Å²) in [5.41, 5.74) is 1.94. The van der Waals surface area contributed by atoms with Crippen molar-refractivity contribution in [2.75, 3.05) is 13.2 Å². The van der Waals surface area contributed by atoms with Crippen LogP contribution in [0.2, 0.25) is 10.0 Å². The number of amides is 1. The van der Waals surface area contributed by atoms with E-state index in [1.165, 1.54) is 11.0 Å². The normalized spacial score (nSPS) is 11.7. The molecule has 0 spiro atoms. The Hall–Kier alpha value is -2.97. The van der Waals surface area contributed by atoms with Gasteiger partial charge in [-0.1, -0.05) is 42.6 Å². The van der Waals surface area contributed by atoms with Crippen LogP contribution in [0.25, 0.3) is 5.69 Å². The maximum Gasteiger partial charge on any atom is 0.338 e. The van der Waals surface area contributed by atoms with Gasteiger partial charge >= 0.3 is 5.97 Å². The van der Waals surface area contributed by atoms with Gasteiger partial charge in [-0.05, 0) is 58.8 Å². The van der Waals surface area contributed by atoms with Gasteiger partial charge in [0, 0.05) is 22.5 Å². The van der Waals surface area contributed by atoms with Gasteiger partial charge in [0.15, 0.2) is 6.61 Å². The number of hydrogen-bond acceptors (Lipinski definition) is 6. The van der Waals surface area contributed by atoms with E-state index in [1.54, 1.807) is 36.4 Å². The zero-order chi connectivity index (χ0) is 22.2. The smallest absolute Gasteiger partial charge is 0.338 e. The van der Waals surface area contributed by atoms with E-state index in [9.17, 15) is 9.59 Å². The number of halogens is 2. The van der Waals surface area contributed by atoms with Crippen LogP contribution >= 0.6 is 23.2 Å². The maximum atomic E-state index is 12.2. The van der Waals surface area contributed by atoms with E-state index < -0.39 is 5.97 Å². The highest BCUT2D eigenvalue weighted by Crippen LogP contribution is 2.30. The van der Waals surface area contributed by atoms with E-state index in [2.05, 4.69) is 27.8 Å². The molecule has 1 N–H and O–H groups in total. The lowest BCUT2D eigenvalue weighted by atomic mass is 9.94. The molecule has 0 fully saturated rings. The van der Waals surface area contributed by atoms with Gasteiger partial charge in [-0.2, -0.15) is 0 Å². The second-order valence-electron chi connectivity index (χ2n) is 6.83. The zero-order valence-corrected chi connectivity index (χ0v) is 18.3. The Balaban J connectivity index is 1.51. The molecular formula is C21H21Cl2N5O3. The number of hydrogen-bond donors (Lipinski definition) is 1. The molecule has 8 nitrogen and oxygen atoms in total. The SMILES string of the molecule is CCCC(CNC(=O)COC(=O)c1ccc(-n2cnnn2)cc1)c1ccc(Cl)cc1Cl. The molecule has 2 aromatic carbocycles. The fourth-order valence-corrected chi connectivity index (χ4v) is 3.64. The standard InChI is InChI=1S/C21H21Cl2N5O3/c1-2-3-15(18-9-6-16(22)10-19(18)23)11-24-20(29)12-31-21(30)14-4-7-17(8-5-14)28-13-25-26-27-28/h4-10,13,15H,2-3,11-12H2,1H3,(H,24,29). The van der Waals surface area contributed by atoms with Crippen LogP contribution in [0.1, 0.15) is 41.6 Å². The summed E-state index contributed by atoms with van der Waals surface area (Å²) in [4.78, 5) is 24.4. The molecule has 3 rings (SSSR count). The van der Waals surface area contributed by atoms with Gasteiger partial charge in [0.1, 0.15) is 6.33 Å². The molecule has 0 aliphatic heterocycles. The van der Waals surface area contributed by atoms with Gasteiger partial charge in [-0.25, -0.2) is 9.48 Å². The van der Waals surface area contributed by atoms with Crippen molar-refractivity contribution in [2.24, 2.45) is 0 Å². The third-order valence-electron chi connectivity index (χ3n) is 4.64. The first-order valence-electron chi connectivity index (χ1n) is 9.70. The van der Waals surface area contributed by atoms with Crippen LogP contribution in [-0.2, 0) is 9.53 Å². The lowest BCUT2D eigenvalue weighted by molar-refractivity contribution is -0.124. The van der Waals surface area contributed by atoms with Gasteiger partial charge in [0.25, 0.3) is 5.91 Å². The number of nitrogens with zero attached hydrogens (tertiary/aromatic N) is 4. The van der Waals surface area contributed by atoms with Crippen LogP contribution in [0.4, 0.5) is 0 Å². The molecule has 1 aromatic heterocycles. The number of esters is 1. The van der Waals surface area contributed by atoms with Gasteiger partial charge < -0.3 is 10.1 Å². The summed E-state index contributed by atoms with van der Waals surface area (Å²) >= 11 is 12.3. The van der Waals surface area contributed by atoms with Crippen LogP contribution in [0, 0.1) is 0 Å². The predicted molar refractivity (Wildman–Crippen MR) is 117 cm³/mol. The van der Waals surface area contributed by atoms with E-state index in [1.807, 2.05) is 6.07 Å². The van der Waals surface area contributed by atoms with Crippen molar-refractivity contribution in [1.82, 2.24) is 25.5 Å². The lowest BCUT2D eigenvalue weighted by Gasteiger charge is -2.19. The van der Waals surface area contributed by atoms with Gasteiger partial charge in [-0.15, -0.1) is 5.10 Å². The van der Waals surface area contributed by atoms with Crippen molar-refractivity contribution in [3.8, 4) is 5.69 Å². The number of ether oxygens (including phenoxy) is 1. The summed E-state index contributed by atoms with van der Waals surface area (Å²) < 4.78 is 6.58. The van der Waals surface area contributed by atoms with Crippen molar-refractivity contribution in [2.45, 2.75) is 25.7 Å². The minimum atomic E-state index is -0.593. The average Bonchev–Trinajstić information content (AvgIpc) is 3.30. The van der Waals surface area contributed by atoms with Gasteiger partial charge in [0.2, 0.25) is 0 Å². The van der Waals surface area contributed by atoms with Crippen LogP contribution in [0.5, 0.6) is 0 Å². The highest BCUT2D eigenvalue weighted by molar-refractivity contribution is 6.35. The number of rotatable bonds is 9. The van der Waals surface area contributed by atoms with Gasteiger partial charge in [0.05, 0.1) is 11.3 Å². The summed E-state index contributed by atoms with van der Waals surface area (Å²) in [6.07, 6.45) is 3.21. The number of benzene rings is 2. The summed E-state index contributed by atoms with van der Waals surface area (Å²) in [7, 11) is 0. The first-order valence-corrected chi connectivity index (χ1v) is 10.5. The van der Waals surface area contributed by atoms with Crippen molar-refractivity contribution >= 4 is 35.1 Å². The number of carbonyl (C=O) groups is 2. The molecule has 1 atom stereocenters. The summed E-state index contributed by atoms with van der Waals surface area (Å²) in [5.74, 6) is -0.942. The van der Waals surface area contributed by atoms with Gasteiger partial charge in [-0.3, -0.25) is 4.79 Å². The van der Waals surface area contributed by atoms with Crippen molar-refractivity contribution in [1.29, 1.82) is 0 Å². The first-order chi connectivity index (χ1) is 15.0. The second-order valence-corrected chi connectivity index (χ2v) is 7.68. The molecule has 1 amide bonds. The third kappa shape index (κ3) is 6.26. The van der Waals surface area contributed by atoms with E-state index in [0.717, 1.165) is 18.4 Å². The number of aromatic nitrogens is 4. The Morgan fingerprint density at radius 2 is 1.94 bits per heavy atom. The largest absolute Gasteiger partial charge is 0.452 e. The molecule has 0 saturated heterocycles. The summed E-state index contributed by atoms with van der Waals surface area (Å²) in [6, 6.07) is 11.9. The van der Waals surface area contributed by atoms with Crippen LogP contribution in [0.3, 0.4) is 0 Å². The molecule has 1 unspecified atom stereocenters. The summed E-state index contributed by atoms with van der Waals surface area (Å²) in [6.45, 7) is 2.07. The molecule has 0 radical (unpaired) electrons. The monoisotopic (exact) mass is 461 g/mol. The van der Waals surface area contributed by atoms with E-state index in [-0.39, 0.29) is 18.4 Å². The fourth-order valence-electron chi connectivity index (χ4n) is 3.08. The molecule has 0 aliphatic carbocycles. The number of carbonyl (C=O) groups excluding carboxylic acids is 2. The minimum absolute atomic E-state index is 0.0354. The number of nitrogens with one attached hydrogen (secondary N) is 1. The zero-order valence-electron chi connectivity index (χ0n) is 16.8. The van der Waals surface area contributed by atoms with Crippen LogP contribution < -0.4 is 5.32 Å². The van der Waals surface area contributed by atoms with E-state index in [0.29, 0.717) is 27.8 Å². The Bertz CT molecular complexity index is 1030. The third-order valence-corrected chi connectivity index (χ3v) is 5.20. The molecule has 10 heteroatoms. The van der Waals surface area contributed by atoms with Crippen LogP contribution in [0.15, 0.2) is 48.8 Å². The minimum Gasteiger partial charge on any atom is -0.452 e.